The lowest BCUT2D eigenvalue weighted by atomic mass is 9.97. The normalized spacial score (nSPS) is 12.0. The standard InChI is InChI=1S/C31H34N4O5S2/c1-21(2)29-18-24(23-8-6-5-7-9-23)19-30(22(3)4)35(29)20-31(36)33-25-10-16-28(17-11-25)42(39,40)34-26-12-14-27(15-13-26)41(32,37)38/h5-19,21-22,34H,20H2,1-4H3,(H2-,32,33,36,37,38)/p+1. The Hall–Kier alpha value is -4.06. The number of rotatable bonds is 10. The van der Waals surface area contributed by atoms with Crippen molar-refractivity contribution in [2.45, 2.75) is 55.9 Å². The van der Waals surface area contributed by atoms with Crippen LogP contribution < -0.4 is 19.7 Å². The van der Waals surface area contributed by atoms with Crippen LogP contribution in [0.5, 0.6) is 0 Å². The van der Waals surface area contributed by atoms with Crippen LogP contribution >= 0.6 is 0 Å². The predicted octanol–water partition coefficient (Wildman–Crippen LogP) is 4.97. The molecule has 1 amide bonds. The minimum absolute atomic E-state index is 0.0221. The first-order valence-corrected chi connectivity index (χ1v) is 16.5. The highest BCUT2D eigenvalue weighted by molar-refractivity contribution is 7.92. The van der Waals surface area contributed by atoms with E-state index in [0.717, 1.165) is 22.5 Å². The Morgan fingerprint density at radius 2 is 1.21 bits per heavy atom. The molecule has 0 bridgehead atoms. The van der Waals surface area contributed by atoms with E-state index in [4.69, 9.17) is 5.14 Å². The average molecular weight is 608 g/mol. The fraction of sp³-hybridized carbons (Fsp3) is 0.226. The quantitative estimate of drug-likeness (QED) is 0.218. The van der Waals surface area contributed by atoms with E-state index >= 15 is 0 Å². The number of pyridine rings is 1. The van der Waals surface area contributed by atoms with Crippen molar-refractivity contribution in [1.82, 2.24) is 0 Å². The number of primary sulfonamides is 1. The third-order valence-electron chi connectivity index (χ3n) is 6.71. The molecular formula is C31H35N4O5S2+. The molecule has 0 fully saturated rings. The summed E-state index contributed by atoms with van der Waals surface area (Å²) in [5.41, 5.74) is 4.93. The largest absolute Gasteiger partial charge is 0.321 e. The second-order valence-electron chi connectivity index (χ2n) is 10.6. The third kappa shape index (κ3) is 7.41. The van der Waals surface area contributed by atoms with Gasteiger partial charge in [0, 0.05) is 35.3 Å². The monoisotopic (exact) mass is 607 g/mol. The van der Waals surface area contributed by atoms with E-state index in [1.807, 2.05) is 18.2 Å². The van der Waals surface area contributed by atoms with Crippen LogP contribution in [0.2, 0.25) is 0 Å². The molecule has 4 N–H and O–H groups in total. The molecule has 1 aromatic heterocycles. The molecule has 0 saturated heterocycles. The van der Waals surface area contributed by atoms with Gasteiger partial charge in [0.2, 0.25) is 16.6 Å². The molecule has 0 saturated carbocycles. The smallest absolute Gasteiger partial charge is 0.290 e. The van der Waals surface area contributed by atoms with Gasteiger partial charge in [-0.1, -0.05) is 58.0 Å². The Bertz CT molecular complexity index is 1760. The second kappa shape index (κ2) is 12.4. The van der Waals surface area contributed by atoms with Crippen molar-refractivity contribution in [2.75, 3.05) is 10.0 Å². The topological polar surface area (TPSA) is 139 Å². The van der Waals surface area contributed by atoms with E-state index in [1.54, 1.807) is 0 Å². The van der Waals surface area contributed by atoms with Gasteiger partial charge < -0.3 is 5.32 Å². The highest BCUT2D eigenvalue weighted by Crippen LogP contribution is 2.26. The summed E-state index contributed by atoms with van der Waals surface area (Å²) in [7, 11) is -7.85. The Labute approximate surface area is 247 Å². The van der Waals surface area contributed by atoms with Gasteiger partial charge in [0.05, 0.1) is 9.79 Å². The van der Waals surface area contributed by atoms with E-state index in [-0.39, 0.29) is 39.8 Å². The summed E-state index contributed by atoms with van der Waals surface area (Å²) in [4.78, 5) is 13.0. The van der Waals surface area contributed by atoms with Gasteiger partial charge in [0.1, 0.15) is 0 Å². The average Bonchev–Trinajstić information content (AvgIpc) is 2.93. The summed E-state index contributed by atoms with van der Waals surface area (Å²) in [6.45, 7) is 8.51. The number of hydrogen-bond donors (Lipinski definition) is 3. The number of nitrogens with one attached hydrogen (secondary N) is 2. The maximum Gasteiger partial charge on any atom is 0.290 e. The van der Waals surface area contributed by atoms with Crippen LogP contribution in [0.1, 0.15) is 50.9 Å². The number of amides is 1. The summed E-state index contributed by atoms with van der Waals surface area (Å²) >= 11 is 0. The van der Waals surface area contributed by atoms with Gasteiger partial charge in [0.25, 0.3) is 15.9 Å². The van der Waals surface area contributed by atoms with Crippen LogP contribution in [0.4, 0.5) is 11.4 Å². The molecule has 1 heterocycles. The van der Waals surface area contributed by atoms with Gasteiger partial charge in [-0.3, -0.25) is 9.52 Å². The number of nitrogens with zero attached hydrogens (tertiary/aromatic N) is 1. The van der Waals surface area contributed by atoms with E-state index in [9.17, 15) is 21.6 Å². The number of hydrogen-bond acceptors (Lipinski definition) is 5. The lowest BCUT2D eigenvalue weighted by molar-refractivity contribution is -0.700. The molecule has 11 heteroatoms. The van der Waals surface area contributed by atoms with Crippen LogP contribution in [0, 0.1) is 0 Å². The van der Waals surface area contributed by atoms with Crippen molar-refractivity contribution < 1.29 is 26.2 Å². The molecule has 0 aliphatic heterocycles. The molecule has 0 aliphatic rings. The number of carbonyl (C=O) groups excluding carboxylic acids is 1. The molecule has 0 aliphatic carbocycles. The number of nitrogens with two attached hydrogens (primary N) is 1. The number of anilines is 2. The molecule has 0 radical (unpaired) electrons. The first kappa shape index (κ1) is 30.9. The maximum atomic E-state index is 13.2. The SMILES string of the molecule is CC(C)c1cc(-c2ccccc2)cc(C(C)C)[n+]1CC(=O)Nc1ccc(S(=O)(=O)Nc2ccc(S(N)(=O)=O)cc2)cc1. The molecule has 9 nitrogen and oxygen atoms in total. The highest BCUT2D eigenvalue weighted by Gasteiger charge is 2.26. The minimum atomic E-state index is -3.96. The Balaban J connectivity index is 1.51. The van der Waals surface area contributed by atoms with Crippen LogP contribution in [0.25, 0.3) is 11.1 Å². The first-order chi connectivity index (χ1) is 19.7. The van der Waals surface area contributed by atoms with Crippen molar-refractivity contribution in [3.63, 3.8) is 0 Å². The zero-order valence-electron chi connectivity index (χ0n) is 23.9. The maximum absolute atomic E-state index is 13.2. The summed E-state index contributed by atoms with van der Waals surface area (Å²) in [5, 5.41) is 7.96. The van der Waals surface area contributed by atoms with Gasteiger partial charge in [0.15, 0.2) is 11.4 Å². The van der Waals surface area contributed by atoms with Gasteiger partial charge in [-0.05, 0) is 59.7 Å². The number of benzene rings is 3. The second-order valence-corrected chi connectivity index (χ2v) is 13.8. The Morgan fingerprint density at radius 1 is 0.714 bits per heavy atom. The fourth-order valence-electron chi connectivity index (χ4n) is 4.59. The van der Waals surface area contributed by atoms with Crippen LogP contribution in [0.15, 0.2) is 101 Å². The fourth-order valence-corrected chi connectivity index (χ4v) is 6.16. The van der Waals surface area contributed by atoms with Crippen molar-refractivity contribution in [3.05, 3.63) is 102 Å². The lowest BCUT2D eigenvalue weighted by Crippen LogP contribution is -2.48. The molecule has 3 aromatic carbocycles. The van der Waals surface area contributed by atoms with Crippen molar-refractivity contribution in [1.29, 1.82) is 0 Å². The van der Waals surface area contributed by atoms with Gasteiger partial charge >= 0.3 is 0 Å². The van der Waals surface area contributed by atoms with Crippen LogP contribution in [-0.2, 0) is 31.4 Å². The van der Waals surface area contributed by atoms with E-state index in [0.29, 0.717) is 5.69 Å². The molecule has 0 atom stereocenters. The number of carbonyl (C=O) groups is 1. The summed E-state index contributed by atoms with van der Waals surface area (Å²) in [6, 6.07) is 25.3. The van der Waals surface area contributed by atoms with Gasteiger partial charge in [-0.2, -0.15) is 4.57 Å². The Kier molecular flexibility index (Phi) is 9.15. The molecule has 220 valence electrons. The van der Waals surface area contributed by atoms with Crippen LogP contribution in [-0.4, -0.2) is 22.7 Å². The zero-order chi connectivity index (χ0) is 30.7. The summed E-state index contributed by atoms with van der Waals surface area (Å²) < 4.78 is 53.0. The van der Waals surface area contributed by atoms with Gasteiger partial charge in [-0.15, -0.1) is 0 Å². The molecule has 4 rings (SSSR count). The summed E-state index contributed by atoms with van der Waals surface area (Å²) in [6.07, 6.45) is 0. The van der Waals surface area contributed by atoms with Crippen LogP contribution in [0.3, 0.4) is 0 Å². The molecule has 4 aromatic rings. The Morgan fingerprint density at radius 3 is 1.71 bits per heavy atom. The van der Waals surface area contributed by atoms with E-state index < -0.39 is 20.0 Å². The van der Waals surface area contributed by atoms with E-state index in [1.165, 1.54) is 48.5 Å². The highest BCUT2D eigenvalue weighted by atomic mass is 32.2. The van der Waals surface area contributed by atoms with Crippen molar-refractivity contribution >= 4 is 37.3 Å². The molecule has 42 heavy (non-hydrogen) atoms. The molecule has 0 unspecified atom stereocenters. The first-order valence-electron chi connectivity index (χ1n) is 13.4. The van der Waals surface area contributed by atoms with Gasteiger partial charge in [-0.25, -0.2) is 22.0 Å². The van der Waals surface area contributed by atoms with Crippen molar-refractivity contribution in [3.8, 4) is 11.1 Å². The number of sulfonamides is 2. The van der Waals surface area contributed by atoms with E-state index in [2.05, 4.69) is 66.6 Å². The molecular weight excluding hydrogens is 572 g/mol. The minimum Gasteiger partial charge on any atom is -0.321 e. The zero-order valence-corrected chi connectivity index (χ0v) is 25.5. The molecule has 0 spiro atoms. The third-order valence-corrected chi connectivity index (χ3v) is 9.03. The lowest BCUT2D eigenvalue weighted by Gasteiger charge is -2.16. The predicted molar refractivity (Wildman–Crippen MR) is 164 cm³/mol. The van der Waals surface area contributed by atoms with Crippen molar-refractivity contribution in [2.24, 2.45) is 5.14 Å². The summed E-state index contributed by atoms with van der Waals surface area (Å²) in [5.74, 6) is 0.110. The number of aromatic nitrogens is 1.